The van der Waals surface area contributed by atoms with Crippen LogP contribution in [0.3, 0.4) is 0 Å². The molecule has 2 N–H and O–H groups in total. The highest BCUT2D eigenvalue weighted by atomic mass is 32.2. The lowest BCUT2D eigenvalue weighted by atomic mass is 10.2. The summed E-state index contributed by atoms with van der Waals surface area (Å²) < 4.78 is 0. The first-order valence-electron chi connectivity index (χ1n) is 5.64. The van der Waals surface area contributed by atoms with Gasteiger partial charge in [-0.05, 0) is 31.3 Å². The van der Waals surface area contributed by atoms with Gasteiger partial charge >= 0.3 is 5.97 Å². The van der Waals surface area contributed by atoms with Gasteiger partial charge in [0, 0.05) is 19.4 Å². The molecule has 0 aromatic heterocycles. The standard InChI is InChI=1S/C11H21NO3S/c1-16-9-4-2-3-8-12-10(13)6-5-7-11(14)15/h2-9H2,1H3,(H,12,13)(H,14,15). The topological polar surface area (TPSA) is 66.4 Å². The first-order valence-corrected chi connectivity index (χ1v) is 7.03. The maximum Gasteiger partial charge on any atom is 0.303 e. The number of rotatable bonds is 10. The van der Waals surface area contributed by atoms with E-state index in [2.05, 4.69) is 11.6 Å². The highest BCUT2D eigenvalue weighted by Crippen LogP contribution is 2.01. The molecule has 94 valence electrons. The van der Waals surface area contributed by atoms with E-state index < -0.39 is 5.97 Å². The zero-order valence-corrected chi connectivity index (χ0v) is 10.6. The van der Waals surface area contributed by atoms with Gasteiger partial charge in [0.2, 0.25) is 5.91 Å². The van der Waals surface area contributed by atoms with Crippen LogP contribution in [0.5, 0.6) is 0 Å². The second kappa shape index (κ2) is 10.8. The molecule has 0 aromatic rings. The third-order valence-corrected chi connectivity index (χ3v) is 2.84. The van der Waals surface area contributed by atoms with E-state index in [1.165, 1.54) is 12.2 Å². The predicted octanol–water partition coefficient (Wildman–Crippen LogP) is 1.89. The average Bonchev–Trinajstić information content (AvgIpc) is 2.22. The lowest BCUT2D eigenvalue weighted by Crippen LogP contribution is -2.24. The molecule has 0 aliphatic rings. The van der Waals surface area contributed by atoms with E-state index in [0.717, 1.165) is 12.8 Å². The van der Waals surface area contributed by atoms with Crippen LogP contribution in [-0.2, 0) is 9.59 Å². The smallest absolute Gasteiger partial charge is 0.303 e. The molecule has 0 bridgehead atoms. The number of carboxylic acids is 1. The second-order valence-corrected chi connectivity index (χ2v) is 4.64. The highest BCUT2D eigenvalue weighted by molar-refractivity contribution is 7.98. The Morgan fingerprint density at radius 2 is 1.88 bits per heavy atom. The van der Waals surface area contributed by atoms with Gasteiger partial charge in [-0.2, -0.15) is 11.8 Å². The molecule has 4 nitrogen and oxygen atoms in total. The Labute approximate surface area is 101 Å². The molecule has 5 heteroatoms. The maximum atomic E-state index is 11.2. The van der Waals surface area contributed by atoms with Gasteiger partial charge in [0.05, 0.1) is 0 Å². The summed E-state index contributed by atoms with van der Waals surface area (Å²) in [5.41, 5.74) is 0. The summed E-state index contributed by atoms with van der Waals surface area (Å²) in [4.78, 5) is 21.4. The van der Waals surface area contributed by atoms with E-state index in [4.69, 9.17) is 5.11 Å². The van der Waals surface area contributed by atoms with Gasteiger partial charge in [-0.15, -0.1) is 0 Å². The van der Waals surface area contributed by atoms with Crippen molar-refractivity contribution in [1.29, 1.82) is 0 Å². The van der Waals surface area contributed by atoms with Crippen LogP contribution in [0.15, 0.2) is 0 Å². The summed E-state index contributed by atoms with van der Waals surface area (Å²) in [6.07, 6.45) is 6.23. The first-order chi connectivity index (χ1) is 7.66. The highest BCUT2D eigenvalue weighted by Gasteiger charge is 2.02. The van der Waals surface area contributed by atoms with Crippen LogP contribution >= 0.6 is 11.8 Å². The summed E-state index contributed by atoms with van der Waals surface area (Å²) in [6.45, 7) is 0.709. The largest absolute Gasteiger partial charge is 0.481 e. The minimum Gasteiger partial charge on any atom is -0.481 e. The van der Waals surface area contributed by atoms with Gasteiger partial charge in [-0.25, -0.2) is 0 Å². The number of hydrogen-bond donors (Lipinski definition) is 2. The molecule has 0 saturated carbocycles. The lowest BCUT2D eigenvalue weighted by molar-refractivity contribution is -0.137. The normalized spacial score (nSPS) is 10.1. The number of carbonyl (C=O) groups is 2. The second-order valence-electron chi connectivity index (χ2n) is 3.65. The van der Waals surface area contributed by atoms with Crippen LogP contribution < -0.4 is 5.32 Å². The van der Waals surface area contributed by atoms with E-state index in [1.807, 2.05) is 11.8 Å². The Morgan fingerprint density at radius 3 is 2.50 bits per heavy atom. The number of aliphatic carboxylic acids is 1. The molecule has 0 heterocycles. The quantitative estimate of drug-likeness (QED) is 0.579. The zero-order chi connectivity index (χ0) is 12.2. The number of hydrogen-bond acceptors (Lipinski definition) is 3. The average molecular weight is 247 g/mol. The minimum absolute atomic E-state index is 0.0360. The van der Waals surface area contributed by atoms with Gasteiger partial charge in [0.25, 0.3) is 0 Å². The lowest BCUT2D eigenvalue weighted by Gasteiger charge is -2.04. The van der Waals surface area contributed by atoms with Gasteiger partial charge in [-0.3, -0.25) is 9.59 Å². The summed E-state index contributed by atoms with van der Waals surface area (Å²) in [7, 11) is 0. The fourth-order valence-corrected chi connectivity index (χ4v) is 1.76. The molecule has 0 aliphatic carbocycles. The van der Waals surface area contributed by atoms with Crippen molar-refractivity contribution in [2.45, 2.75) is 38.5 Å². The zero-order valence-electron chi connectivity index (χ0n) is 9.83. The summed E-state index contributed by atoms with van der Waals surface area (Å²) >= 11 is 1.84. The number of carboxylic acid groups (broad SMARTS) is 1. The molecule has 0 atom stereocenters. The molecule has 0 rings (SSSR count). The molecule has 0 aromatic carbocycles. The number of carbonyl (C=O) groups excluding carboxylic acids is 1. The van der Waals surface area contributed by atoms with Crippen LogP contribution in [0.25, 0.3) is 0 Å². The molecule has 0 spiro atoms. The third kappa shape index (κ3) is 11.4. The fraction of sp³-hybridized carbons (Fsp3) is 0.818. The molecule has 0 fully saturated rings. The van der Waals surface area contributed by atoms with Gasteiger partial charge in [0.1, 0.15) is 0 Å². The van der Waals surface area contributed by atoms with Crippen molar-refractivity contribution < 1.29 is 14.7 Å². The fourth-order valence-electron chi connectivity index (χ4n) is 1.26. The van der Waals surface area contributed by atoms with Crippen LogP contribution in [0, 0.1) is 0 Å². The summed E-state index contributed by atoms with van der Waals surface area (Å²) in [5, 5.41) is 11.2. The van der Waals surface area contributed by atoms with Gasteiger partial charge in [0.15, 0.2) is 0 Å². The van der Waals surface area contributed by atoms with Crippen molar-refractivity contribution in [3.8, 4) is 0 Å². The molecule has 0 saturated heterocycles. The van der Waals surface area contributed by atoms with Crippen molar-refractivity contribution in [3.63, 3.8) is 0 Å². The van der Waals surface area contributed by atoms with Crippen molar-refractivity contribution in [2.75, 3.05) is 18.6 Å². The summed E-state index contributed by atoms with van der Waals surface area (Å²) in [6, 6.07) is 0. The monoisotopic (exact) mass is 247 g/mol. The Kier molecular flexibility index (Phi) is 10.3. The number of unbranched alkanes of at least 4 members (excludes halogenated alkanes) is 2. The van der Waals surface area contributed by atoms with Gasteiger partial charge < -0.3 is 10.4 Å². The Bertz CT molecular complexity index is 209. The molecular formula is C11H21NO3S. The number of thioether (sulfide) groups is 1. The number of nitrogens with one attached hydrogen (secondary N) is 1. The van der Waals surface area contributed by atoms with Crippen LogP contribution in [0.2, 0.25) is 0 Å². The Morgan fingerprint density at radius 1 is 1.12 bits per heavy atom. The molecular weight excluding hydrogens is 226 g/mol. The van der Waals surface area contributed by atoms with Crippen molar-refractivity contribution in [3.05, 3.63) is 0 Å². The van der Waals surface area contributed by atoms with Crippen molar-refractivity contribution in [2.24, 2.45) is 0 Å². The van der Waals surface area contributed by atoms with Crippen LogP contribution in [-0.4, -0.2) is 35.5 Å². The van der Waals surface area contributed by atoms with Crippen molar-refractivity contribution in [1.82, 2.24) is 5.32 Å². The van der Waals surface area contributed by atoms with E-state index in [1.54, 1.807) is 0 Å². The minimum atomic E-state index is -0.843. The molecule has 1 amide bonds. The predicted molar refractivity (Wildman–Crippen MR) is 66.7 cm³/mol. The van der Waals surface area contributed by atoms with Crippen molar-refractivity contribution >= 4 is 23.6 Å². The first kappa shape index (κ1) is 15.3. The van der Waals surface area contributed by atoms with Crippen LogP contribution in [0.4, 0.5) is 0 Å². The molecule has 0 aliphatic heterocycles. The Hall–Kier alpha value is -0.710. The molecule has 16 heavy (non-hydrogen) atoms. The Balaban J connectivity index is 3.20. The molecule has 0 unspecified atom stereocenters. The number of amides is 1. The maximum absolute atomic E-state index is 11.2. The SMILES string of the molecule is CSCCCCCNC(=O)CCCC(=O)O. The van der Waals surface area contributed by atoms with E-state index >= 15 is 0 Å². The molecule has 0 radical (unpaired) electrons. The van der Waals surface area contributed by atoms with E-state index in [9.17, 15) is 9.59 Å². The van der Waals surface area contributed by atoms with Crippen LogP contribution in [0.1, 0.15) is 38.5 Å². The van der Waals surface area contributed by atoms with E-state index in [0.29, 0.717) is 19.4 Å². The van der Waals surface area contributed by atoms with E-state index in [-0.39, 0.29) is 12.3 Å². The van der Waals surface area contributed by atoms with Gasteiger partial charge in [-0.1, -0.05) is 6.42 Å². The summed E-state index contributed by atoms with van der Waals surface area (Å²) in [5.74, 6) is 0.294. The third-order valence-electron chi connectivity index (χ3n) is 2.14.